The molecule has 11 heteroatoms. The van der Waals surface area contributed by atoms with Gasteiger partial charge in [-0.1, -0.05) is 23.7 Å². The number of likely N-dealkylation sites (N-methyl/N-ethyl adjacent to an activating group) is 1. The van der Waals surface area contributed by atoms with E-state index >= 15 is 4.39 Å². The number of nitrogens with zero attached hydrogens (tertiary/aromatic N) is 5. The topological polar surface area (TPSA) is 73.8 Å². The van der Waals surface area contributed by atoms with Gasteiger partial charge in [0.25, 0.3) is 0 Å². The molecule has 43 heavy (non-hydrogen) atoms. The molecule has 1 aliphatic heterocycles. The Kier molecular flexibility index (Phi) is 8.79. The van der Waals surface area contributed by atoms with Crippen molar-refractivity contribution in [1.29, 1.82) is 0 Å². The molecule has 1 aliphatic rings. The molecule has 224 valence electrons. The number of nitrogens with one attached hydrogen (secondary N) is 1. The number of amides is 1. The second kappa shape index (κ2) is 12.5. The van der Waals surface area contributed by atoms with Crippen LogP contribution in [0.2, 0.25) is 5.02 Å². The van der Waals surface area contributed by atoms with Crippen molar-refractivity contribution in [3.63, 3.8) is 0 Å². The average Bonchev–Trinajstić information content (AvgIpc) is 2.97. The van der Waals surface area contributed by atoms with Crippen molar-refractivity contribution in [1.82, 2.24) is 14.9 Å². The molecule has 0 atom stereocenters. The summed E-state index contributed by atoms with van der Waals surface area (Å²) >= 11 is 6.02. The smallest absolute Gasteiger partial charge is 0.391 e. The first-order valence-corrected chi connectivity index (χ1v) is 14.2. The van der Waals surface area contributed by atoms with Gasteiger partial charge in [0.15, 0.2) is 0 Å². The number of anilines is 4. The highest BCUT2D eigenvalue weighted by molar-refractivity contribution is 6.30. The van der Waals surface area contributed by atoms with Crippen molar-refractivity contribution in [3.8, 4) is 17.1 Å². The first-order valence-electron chi connectivity index (χ1n) is 13.9. The summed E-state index contributed by atoms with van der Waals surface area (Å²) in [6.07, 6.45) is -0.879. The summed E-state index contributed by atoms with van der Waals surface area (Å²) in [6.45, 7) is 9.23. The number of hydrogen-bond donors (Lipinski definition) is 1. The van der Waals surface area contributed by atoms with Crippen molar-refractivity contribution in [2.24, 2.45) is 0 Å². The van der Waals surface area contributed by atoms with E-state index in [9.17, 15) is 9.18 Å². The summed E-state index contributed by atoms with van der Waals surface area (Å²) in [5, 5.41) is 3.32. The quantitative estimate of drug-likeness (QED) is 0.250. The van der Waals surface area contributed by atoms with Crippen LogP contribution in [0.1, 0.15) is 16.7 Å². The van der Waals surface area contributed by atoms with Gasteiger partial charge in [-0.3, -0.25) is 4.90 Å². The van der Waals surface area contributed by atoms with E-state index in [1.807, 2.05) is 44.9 Å². The highest BCUT2D eigenvalue weighted by Crippen LogP contribution is 2.31. The predicted octanol–water partition coefficient (Wildman–Crippen LogP) is 7.13. The predicted molar refractivity (Wildman–Crippen MR) is 167 cm³/mol. The number of carbonyl (C=O) groups is 1. The number of carbonyl (C=O) groups excluding carboxylic acids is 1. The van der Waals surface area contributed by atoms with Crippen LogP contribution in [-0.4, -0.2) is 61.2 Å². The van der Waals surface area contributed by atoms with Crippen molar-refractivity contribution in [2.75, 3.05) is 55.4 Å². The summed E-state index contributed by atoms with van der Waals surface area (Å²) < 4.78 is 35.3. The molecule has 1 fully saturated rings. The fourth-order valence-electron chi connectivity index (χ4n) is 4.92. The maximum atomic E-state index is 15.2. The summed E-state index contributed by atoms with van der Waals surface area (Å²) in [5.41, 5.74) is 5.45. The number of aromatic nitrogens is 2. The zero-order valence-corrected chi connectivity index (χ0v) is 25.5. The van der Waals surface area contributed by atoms with Crippen LogP contribution < -0.4 is 19.9 Å². The third-order valence-electron chi connectivity index (χ3n) is 7.82. The molecule has 5 rings (SSSR count). The number of halogens is 3. The molecule has 1 saturated heterocycles. The Balaban J connectivity index is 1.47. The lowest BCUT2D eigenvalue weighted by Crippen LogP contribution is -2.44. The van der Waals surface area contributed by atoms with Crippen LogP contribution >= 0.6 is 11.6 Å². The van der Waals surface area contributed by atoms with Crippen molar-refractivity contribution < 1.29 is 18.3 Å². The van der Waals surface area contributed by atoms with E-state index in [-0.39, 0.29) is 28.4 Å². The molecule has 0 saturated carbocycles. The van der Waals surface area contributed by atoms with Gasteiger partial charge in [0.1, 0.15) is 11.6 Å². The molecule has 0 aliphatic carbocycles. The Morgan fingerprint density at radius 1 is 0.930 bits per heavy atom. The minimum Gasteiger partial charge on any atom is -0.391 e. The molecule has 2 heterocycles. The molecule has 1 aromatic heterocycles. The number of piperazine rings is 1. The van der Waals surface area contributed by atoms with Crippen molar-refractivity contribution in [2.45, 2.75) is 20.8 Å². The molecular weight excluding hydrogens is 574 g/mol. The normalized spacial score (nSPS) is 13.6. The largest absolute Gasteiger partial charge is 0.420 e. The molecule has 0 spiro atoms. The fraction of sp³-hybridized carbons (Fsp3) is 0.281. The Labute approximate surface area is 254 Å². The second-order valence-electron chi connectivity index (χ2n) is 10.7. The molecule has 1 amide bonds. The van der Waals surface area contributed by atoms with Crippen LogP contribution in [0, 0.1) is 32.4 Å². The number of benzene rings is 3. The maximum Gasteiger partial charge on any atom is 0.420 e. The van der Waals surface area contributed by atoms with Gasteiger partial charge in [-0.2, -0.15) is 4.98 Å². The van der Waals surface area contributed by atoms with E-state index in [2.05, 4.69) is 20.2 Å². The Morgan fingerprint density at radius 2 is 1.67 bits per heavy atom. The van der Waals surface area contributed by atoms with Gasteiger partial charge in [-0.15, -0.1) is 0 Å². The van der Waals surface area contributed by atoms with Crippen molar-refractivity contribution >= 4 is 40.7 Å². The van der Waals surface area contributed by atoms with Crippen molar-refractivity contribution in [3.05, 3.63) is 87.9 Å². The molecule has 0 radical (unpaired) electrons. The number of rotatable bonds is 6. The molecule has 3 aromatic carbocycles. The Morgan fingerprint density at radius 3 is 2.40 bits per heavy atom. The lowest BCUT2D eigenvalue weighted by molar-refractivity contribution is 0.207. The van der Waals surface area contributed by atoms with E-state index in [1.54, 1.807) is 18.2 Å². The molecule has 0 unspecified atom stereocenters. The SMILES string of the molecule is Cc1ccc(-c2cc(OC(=O)N(C)c3cc(Cl)ccc3F)nc(Nc3ccc(N4CCN(C)CC4)c(F)c3)n2)c(C)c1C. The van der Waals surface area contributed by atoms with E-state index in [1.165, 1.54) is 31.3 Å². The Bertz CT molecular complexity index is 1680. The number of aryl methyl sites for hydroxylation is 1. The highest BCUT2D eigenvalue weighted by atomic mass is 35.5. The van der Waals surface area contributed by atoms with Crippen LogP contribution in [0.15, 0.2) is 54.6 Å². The van der Waals surface area contributed by atoms with Crippen LogP contribution in [0.3, 0.4) is 0 Å². The third kappa shape index (κ3) is 6.71. The molecule has 8 nitrogen and oxygen atoms in total. The van der Waals surface area contributed by atoms with Gasteiger partial charge in [-0.25, -0.2) is 18.6 Å². The standard InChI is InChI=1S/C32H33ClF2N6O2/c1-19-6-9-24(21(3)20(19)2)27-18-30(43-32(42)40(5)29-16-22(33)7-10-25(29)34)38-31(37-27)36-23-8-11-28(26(35)17-23)41-14-12-39(4)13-15-41/h6-11,16-18H,12-15H2,1-5H3,(H,36,37,38). The van der Waals surface area contributed by atoms with Gasteiger partial charge in [0.2, 0.25) is 11.8 Å². The zero-order chi connectivity index (χ0) is 30.8. The zero-order valence-electron chi connectivity index (χ0n) is 24.7. The Hall–Kier alpha value is -4.28. The van der Waals surface area contributed by atoms with Crippen LogP contribution in [-0.2, 0) is 0 Å². The second-order valence-corrected chi connectivity index (χ2v) is 11.1. The molecular formula is C32H33ClF2N6O2. The monoisotopic (exact) mass is 606 g/mol. The number of ether oxygens (including phenoxy) is 1. The van der Waals surface area contributed by atoms with E-state index < -0.39 is 11.9 Å². The van der Waals surface area contributed by atoms with Gasteiger partial charge < -0.3 is 19.9 Å². The minimum atomic E-state index is -0.879. The van der Waals surface area contributed by atoms with Crippen LogP contribution in [0.5, 0.6) is 5.88 Å². The lowest BCUT2D eigenvalue weighted by Gasteiger charge is -2.34. The summed E-state index contributed by atoms with van der Waals surface area (Å²) in [5.74, 6) is -0.977. The van der Waals surface area contributed by atoms with E-state index in [0.29, 0.717) is 17.1 Å². The summed E-state index contributed by atoms with van der Waals surface area (Å²) in [7, 11) is 3.42. The molecule has 1 N–H and O–H groups in total. The average molecular weight is 607 g/mol. The van der Waals surface area contributed by atoms with Gasteiger partial charge in [0, 0.05) is 55.6 Å². The van der Waals surface area contributed by atoms with Crippen LogP contribution in [0.4, 0.5) is 36.6 Å². The first-order chi connectivity index (χ1) is 20.5. The van der Waals surface area contributed by atoms with Gasteiger partial charge in [-0.05, 0) is 80.9 Å². The lowest BCUT2D eigenvalue weighted by atomic mass is 9.97. The van der Waals surface area contributed by atoms with Gasteiger partial charge >= 0.3 is 6.09 Å². The summed E-state index contributed by atoms with van der Waals surface area (Å²) in [4.78, 5) is 27.4. The fourth-order valence-corrected chi connectivity index (χ4v) is 5.09. The molecule has 0 bridgehead atoms. The molecule has 4 aromatic rings. The highest BCUT2D eigenvalue weighted by Gasteiger charge is 2.21. The van der Waals surface area contributed by atoms with Gasteiger partial charge in [0.05, 0.1) is 17.1 Å². The minimum absolute atomic E-state index is 0.0500. The number of hydrogen-bond acceptors (Lipinski definition) is 7. The third-order valence-corrected chi connectivity index (χ3v) is 8.05. The summed E-state index contributed by atoms with van der Waals surface area (Å²) in [6, 6.07) is 14.2. The maximum absolute atomic E-state index is 15.2. The van der Waals surface area contributed by atoms with E-state index in [0.717, 1.165) is 53.3 Å². The van der Waals surface area contributed by atoms with Crippen LogP contribution in [0.25, 0.3) is 11.3 Å². The first kappa shape index (κ1) is 30.2. The van der Waals surface area contributed by atoms with E-state index in [4.69, 9.17) is 16.3 Å².